The molecule has 200 valence electrons. The highest BCUT2D eigenvalue weighted by molar-refractivity contribution is 5.80. The normalized spacial score (nSPS) is 11.4. The van der Waals surface area contributed by atoms with Crippen molar-refractivity contribution < 1.29 is 0 Å². The summed E-state index contributed by atoms with van der Waals surface area (Å²) in [7, 11) is 2.27. The number of hydrogen-bond donors (Lipinski definition) is 0. The van der Waals surface area contributed by atoms with Crippen LogP contribution in [-0.2, 0) is 0 Å². The minimum atomic E-state index is 0.789. The Morgan fingerprint density at radius 1 is 0.297 bits per heavy atom. The van der Waals surface area contributed by atoms with E-state index >= 15 is 0 Å². The van der Waals surface area contributed by atoms with Crippen molar-refractivity contribution in [1.82, 2.24) is 0 Å². The average molecular weight is 499 g/mol. The van der Waals surface area contributed by atoms with Crippen molar-refractivity contribution >= 4 is 17.1 Å². The van der Waals surface area contributed by atoms with E-state index in [0.29, 0.717) is 0 Å². The summed E-state index contributed by atoms with van der Waals surface area (Å²) in [5.74, 6) is 0. The van der Waals surface area contributed by atoms with Gasteiger partial charge in [0.1, 0.15) is 0 Å². The summed E-state index contributed by atoms with van der Waals surface area (Å²) in [4.78, 5) is 5.11. The van der Waals surface area contributed by atoms with Crippen molar-refractivity contribution in [3.05, 3.63) is 83.5 Å². The minimum absolute atomic E-state index is 0.789. The zero-order valence-electron chi connectivity index (χ0n) is 26.6. The molecule has 0 heterocycles. The van der Waals surface area contributed by atoms with Gasteiger partial charge in [-0.05, 0) is 187 Å². The van der Waals surface area contributed by atoms with Crippen LogP contribution in [-0.4, -0.2) is 13.7 Å². The first-order chi connectivity index (χ1) is 17.1. The van der Waals surface area contributed by atoms with Crippen LogP contribution in [0.4, 0.5) is 17.1 Å². The summed E-state index contributed by atoms with van der Waals surface area (Å²) in [5, 5.41) is 0. The van der Waals surface area contributed by atoms with Gasteiger partial charge >= 0.3 is 0 Å². The molecule has 0 atom stereocenters. The van der Waals surface area contributed by atoms with Crippen LogP contribution in [0.25, 0.3) is 0 Å². The third-order valence-electron chi connectivity index (χ3n) is 10.2. The van der Waals surface area contributed by atoms with Gasteiger partial charge < -0.3 is 9.80 Å². The van der Waals surface area contributed by atoms with Gasteiger partial charge in [0, 0.05) is 24.1 Å². The van der Waals surface area contributed by atoms with E-state index in [0.717, 1.165) is 6.67 Å². The van der Waals surface area contributed by atoms with Gasteiger partial charge in [0.15, 0.2) is 0 Å². The lowest BCUT2D eigenvalue weighted by atomic mass is 9.89. The zero-order valence-corrected chi connectivity index (χ0v) is 26.6. The molecular formula is C35H50N2. The van der Waals surface area contributed by atoms with Crippen LogP contribution in [0, 0.1) is 104 Å². The van der Waals surface area contributed by atoms with E-state index in [9.17, 15) is 0 Å². The smallest absolute Gasteiger partial charge is 0.0949 e. The number of benzene rings is 3. The van der Waals surface area contributed by atoms with Crippen LogP contribution in [0.2, 0.25) is 0 Å². The second-order valence-corrected chi connectivity index (χ2v) is 11.7. The highest BCUT2D eigenvalue weighted by atomic mass is 15.3. The predicted molar refractivity (Wildman–Crippen MR) is 166 cm³/mol. The van der Waals surface area contributed by atoms with E-state index < -0.39 is 0 Å². The Morgan fingerprint density at radius 2 is 0.486 bits per heavy atom. The van der Waals surface area contributed by atoms with Crippen LogP contribution in [0.5, 0.6) is 0 Å². The van der Waals surface area contributed by atoms with Crippen LogP contribution >= 0.6 is 0 Å². The Balaban J connectivity index is 2.40. The number of anilines is 3. The Hall–Kier alpha value is -2.74. The molecule has 3 aromatic rings. The van der Waals surface area contributed by atoms with E-state index in [-0.39, 0.29) is 0 Å². The van der Waals surface area contributed by atoms with Gasteiger partial charge in [-0.25, -0.2) is 0 Å². The summed E-state index contributed by atoms with van der Waals surface area (Å²) in [5.41, 5.74) is 25.0. The number of hydrogen-bond acceptors (Lipinski definition) is 2. The predicted octanol–water partition coefficient (Wildman–Crippen LogP) is 9.54. The molecule has 2 heteroatoms. The van der Waals surface area contributed by atoms with Gasteiger partial charge in [-0.15, -0.1) is 0 Å². The lowest BCUT2D eigenvalue weighted by Gasteiger charge is -2.38. The van der Waals surface area contributed by atoms with Crippen LogP contribution in [0.1, 0.15) is 83.5 Å². The monoisotopic (exact) mass is 498 g/mol. The lowest BCUT2D eigenvalue weighted by molar-refractivity contribution is 0.859. The van der Waals surface area contributed by atoms with Crippen molar-refractivity contribution in [3.8, 4) is 0 Å². The SMILES string of the molecule is Cc1c(C)c(C)c(N(C)CN(c2c(C)c(C)c(C)c(C)c2C)c2c(C)c(C)c(C)c(C)c2C)c(C)c1C. The van der Waals surface area contributed by atoms with E-state index in [1.165, 1.54) is 101 Å². The summed E-state index contributed by atoms with van der Waals surface area (Å²) in [6.45, 7) is 35.1. The van der Waals surface area contributed by atoms with Crippen molar-refractivity contribution in [2.24, 2.45) is 0 Å². The number of nitrogens with zero attached hydrogens (tertiary/aromatic N) is 2. The maximum absolute atomic E-state index is 2.62. The Morgan fingerprint density at radius 3 is 0.730 bits per heavy atom. The molecule has 0 saturated carbocycles. The molecule has 3 aromatic carbocycles. The molecule has 0 aromatic heterocycles. The molecule has 0 N–H and O–H groups in total. The van der Waals surface area contributed by atoms with Gasteiger partial charge in [0.2, 0.25) is 0 Å². The molecular weight excluding hydrogens is 448 g/mol. The summed E-state index contributed by atoms with van der Waals surface area (Å²) in [6.07, 6.45) is 0. The standard InChI is InChI=1S/C35H50N2/c1-18-21(4)27(10)33(28(11)22(18)5)36(16)17-37(34-29(12)23(6)19(2)24(7)30(34)13)35-31(14)25(8)20(3)26(9)32(35)15/h17H2,1-16H3. The molecule has 0 aliphatic heterocycles. The molecule has 0 aliphatic carbocycles. The molecule has 37 heavy (non-hydrogen) atoms. The second kappa shape index (κ2) is 10.2. The molecule has 0 amide bonds. The maximum atomic E-state index is 2.62. The first-order valence-corrected chi connectivity index (χ1v) is 13.8. The summed E-state index contributed by atoms with van der Waals surface area (Å²) < 4.78 is 0. The fourth-order valence-electron chi connectivity index (χ4n) is 6.36. The molecule has 0 radical (unpaired) electrons. The van der Waals surface area contributed by atoms with E-state index in [1.807, 2.05) is 0 Å². The lowest BCUT2D eigenvalue weighted by Crippen LogP contribution is -2.36. The molecule has 0 aliphatic rings. The van der Waals surface area contributed by atoms with Gasteiger partial charge in [0.05, 0.1) is 6.67 Å². The Labute approximate surface area is 227 Å². The first-order valence-electron chi connectivity index (χ1n) is 13.8. The maximum Gasteiger partial charge on any atom is 0.0949 e. The molecule has 0 spiro atoms. The van der Waals surface area contributed by atoms with Gasteiger partial charge in [-0.3, -0.25) is 0 Å². The third kappa shape index (κ3) is 4.47. The van der Waals surface area contributed by atoms with Crippen molar-refractivity contribution in [2.45, 2.75) is 104 Å². The largest absolute Gasteiger partial charge is 0.356 e. The van der Waals surface area contributed by atoms with Crippen molar-refractivity contribution in [2.75, 3.05) is 23.5 Å². The summed E-state index contributed by atoms with van der Waals surface area (Å²) >= 11 is 0. The van der Waals surface area contributed by atoms with Crippen LogP contribution < -0.4 is 9.80 Å². The zero-order chi connectivity index (χ0) is 28.3. The van der Waals surface area contributed by atoms with Gasteiger partial charge in [-0.2, -0.15) is 0 Å². The second-order valence-electron chi connectivity index (χ2n) is 11.7. The van der Waals surface area contributed by atoms with E-state index in [2.05, 4.69) is 121 Å². The quantitative estimate of drug-likeness (QED) is 0.323. The molecule has 2 nitrogen and oxygen atoms in total. The average Bonchev–Trinajstić information content (AvgIpc) is 2.86. The fourth-order valence-corrected chi connectivity index (χ4v) is 6.36. The van der Waals surface area contributed by atoms with Crippen LogP contribution in [0.3, 0.4) is 0 Å². The van der Waals surface area contributed by atoms with E-state index in [1.54, 1.807) is 0 Å². The van der Waals surface area contributed by atoms with Crippen LogP contribution in [0.15, 0.2) is 0 Å². The Kier molecular flexibility index (Phi) is 7.94. The fraction of sp³-hybridized carbons (Fsp3) is 0.486. The molecule has 3 rings (SSSR count). The first kappa shape index (κ1) is 28.8. The molecule has 0 unspecified atom stereocenters. The molecule has 0 bridgehead atoms. The topological polar surface area (TPSA) is 6.48 Å². The van der Waals surface area contributed by atoms with Gasteiger partial charge in [0.25, 0.3) is 0 Å². The molecule has 0 saturated heterocycles. The highest BCUT2D eigenvalue weighted by Crippen LogP contribution is 2.43. The van der Waals surface area contributed by atoms with Crippen molar-refractivity contribution in [3.63, 3.8) is 0 Å². The highest BCUT2D eigenvalue weighted by Gasteiger charge is 2.26. The minimum Gasteiger partial charge on any atom is -0.356 e. The summed E-state index contributed by atoms with van der Waals surface area (Å²) in [6, 6.07) is 0. The third-order valence-corrected chi connectivity index (χ3v) is 10.2. The molecule has 0 fully saturated rings. The number of rotatable bonds is 5. The Bertz CT molecular complexity index is 1250. The van der Waals surface area contributed by atoms with Gasteiger partial charge in [-0.1, -0.05) is 0 Å². The van der Waals surface area contributed by atoms with E-state index in [4.69, 9.17) is 0 Å². The van der Waals surface area contributed by atoms with Crippen molar-refractivity contribution in [1.29, 1.82) is 0 Å².